The van der Waals surface area contributed by atoms with Crippen molar-refractivity contribution >= 4 is 15.9 Å². The van der Waals surface area contributed by atoms with Gasteiger partial charge in [-0.1, -0.05) is 51.5 Å². The molecular formula is C10H10BrN3. The molecule has 2 rings (SSSR count). The van der Waals surface area contributed by atoms with E-state index in [1.165, 1.54) is 5.56 Å². The predicted molar refractivity (Wildman–Crippen MR) is 58.2 cm³/mol. The Kier molecular flexibility index (Phi) is 2.63. The standard InChI is InChI=1S/C10H10BrN3/c1-14-7-9(12-13-14)10(11)8-5-3-2-4-6-8/h2-7,10H,1H3. The Morgan fingerprint density at radius 1 is 1.29 bits per heavy atom. The van der Waals surface area contributed by atoms with Crippen LogP contribution in [-0.2, 0) is 7.05 Å². The number of nitrogens with zero attached hydrogens (tertiary/aromatic N) is 3. The van der Waals surface area contributed by atoms with Gasteiger partial charge in [-0.2, -0.15) is 0 Å². The molecule has 1 heterocycles. The van der Waals surface area contributed by atoms with Gasteiger partial charge in [0, 0.05) is 13.2 Å². The number of rotatable bonds is 2. The van der Waals surface area contributed by atoms with E-state index in [4.69, 9.17) is 0 Å². The molecule has 1 aromatic heterocycles. The predicted octanol–water partition coefficient (Wildman–Crippen LogP) is 2.30. The third-order valence-corrected chi connectivity index (χ3v) is 2.97. The van der Waals surface area contributed by atoms with Gasteiger partial charge in [0.15, 0.2) is 0 Å². The highest BCUT2D eigenvalue weighted by Crippen LogP contribution is 2.28. The summed E-state index contributed by atoms with van der Waals surface area (Å²) >= 11 is 3.59. The summed E-state index contributed by atoms with van der Waals surface area (Å²) in [5, 5.41) is 7.96. The minimum absolute atomic E-state index is 0.123. The number of hydrogen-bond donors (Lipinski definition) is 0. The summed E-state index contributed by atoms with van der Waals surface area (Å²) in [6, 6.07) is 10.2. The maximum Gasteiger partial charge on any atom is 0.101 e. The number of aryl methyl sites for hydroxylation is 1. The van der Waals surface area contributed by atoms with Crippen molar-refractivity contribution in [3.63, 3.8) is 0 Å². The van der Waals surface area contributed by atoms with E-state index < -0.39 is 0 Å². The van der Waals surface area contributed by atoms with Gasteiger partial charge in [0.25, 0.3) is 0 Å². The first kappa shape index (κ1) is 9.40. The lowest BCUT2D eigenvalue weighted by molar-refractivity contribution is 0.713. The van der Waals surface area contributed by atoms with Gasteiger partial charge >= 0.3 is 0 Å². The molecule has 0 aliphatic carbocycles. The zero-order chi connectivity index (χ0) is 9.97. The van der Waals surface area contributed by atoms with Gasteiger partial charge in [-0.25, -0.2) is 0 Å². The van der Waals surface area contributed by atoms with Crippen molar-refractivity contribution in [1.82, 2.24) is 15.0 Å². The van der Waals surface area contributed by atoms with Gasteiger partial charge in [-0.3, -0.25) is 4.68 Å². The quantitative estimate of drug-likeness (QED) is 0.768. The number of hydrogen-bond acceptors (Lipinski definition) is 2. The molecule has 0 aliphatic rings. The minimum Gasteiger partial charge on any atom is -0.255 e. The molecule has 2 aromatic rings. The van der Waals surface area contributed by atoms with Crippen molar-refractivity contribution in [2.45, 2.75) is 4.83 Å². The molecule has 0 saturated carbocycles. The molecule has 14 heavy (non-hydrogen) atoms. The Balaban J connectivity index is 2.29. The van der Waals surface area contributed by atoms with E-state index >= 15 is 0 Å². The van der Waals surface area contributed by atoms with Crippen molar-refractivity contribution in [2.75, 3.05) is 0 Å². The van der Waals surface area contributed by atoms with Gasteiger partial charge in [0.2, 0.25) is 0 Å². The van der Waals surface area contributed by atoms with Crippen LogP contribution >= 0.6 is 15.9 Å². The molecule has 0 saturated heterocycles. The second kappa shape index (κ2) is 3.92. The Morgan fingerprint density at radius 3 is 2.57 bits per heavy atom. The normalized spacial score (nSPS) is 12.7. The van der Waals surface area contributed by atoms with Crippen LogP contribution in [-0.4, -0.2) is 15.0 Å². The summed E-state index contributed by atoms with van der Waals surface area (Å²) in [5.74, 6) is 0. The highest BCUT2D eigenvalue weighted by atomic mass is 79.9. The molecule has 3 nitrogen and oxygen atoms in total. The zero-order valence-corrected chi connectivity index (χ0v) is 9.35. The first-order chi connectivity index (χ1) is 6.77. The van der Waals surface area contributed by atoms with E-state index in [-0.39, 0.29) is 4.83 Å². The summed E-state index contributed by atoms with van der Waals surface area (Å²) in [6.45, 7) is 0. The topological polar surface area (TPSA) is 30.7 Å². The van der Waals surface area contributed by atoms with Crippen molar-refractivity contribution in [3.8, 4) is 0 Å². The van der Waals surface area contributed by atoms with Crippen LogP contribution in [0.15, 0.2) is 36.5 Å². The van der Waals surface area contributed by atoms with E-state index in [9.17, 15) is 0 Å². The molecule has 1 aromatic carbocycles. The summed E-state index contributed by atoms with van der Waals surface area (Å²) in [4.78, 5) is 0.123. The van der Waals surface area contributed by atoms with E-state index in [2.05, 4.69) is 38.4 Å². The van der Waals surface area contributed by atoms with Gasteiger partial charge in [-0.05, 0) is 5.56 Å². The molecule has 1 atom stereocenters. The lowest BCUT2D eigenvalue weighted by Crippen LogP contribution is -1.92. The van der Waals surface area contributed by atoms with Gasteiger partial charge in [0.1, 0.15) is 5.69 Å². The SMILES string of the molecule is Cn1cc(C(Br)c2ccccc2)nn1. The van der Waals surface area contributed by atoms with Gasteiger partial charge in [0.05, 0.1) is 4.83 Å². The highest BCUT2D eigenvalue weighted by molar-refractivity contribution is 9.09. The van der Waals surface area contributed by atoms with Crippen LogP contribution in [0.4, 0.5) is 0 Å². The summed E-state index contributed by atoms with van der Waals surface area (Å²) in [6.07, 6.45) is 1.91. The number of aromatic nitrogens is 3. The Labute approximate surface area is 90.9 Å². The number of benzene rings is 1. The minimum atomic E-state index is 0.123. The van der Waals surface area contributed by atoms with Gasteiger partial charge in [-0.15, -0.1) is 5.10 Å². The average Bonchev–Trinajstić information content (AvgIpc) is 2.65. The Morgan fingerprint density at radius 2 is 2.00 bits per heavy atom. The molecule has 0 amide bonds. The first-order valence-corrected chi connectivity index (χ1v) is 5.24. The third-order valence-electron chi connectivity index (χ3n) is 1.97. The molecule has 4 heteroatoms. The Hall–Kier alpha value is -1.16. The van der Waals surface area contributed by atoms with Gasteiger partial charge < -0.3 is 0 Å². The number of halogens is 1. The molecule has 0 aliphatic heterocycles. The molecule has 0 radical (unpaired) electrons. The summed E-state index contributed by atoms with van der Waals surface area (Å²) in [5.41, 5.74) is 2.12. The largest absolute Gasteiger partial charge is 0.255 e. The molecular weight excluding hydrogens is 242 g/mol. The van der Waals surface area contributed by atoms with Crippen LogP contribution in [0.3, 0.4) is 0 Å². The van der Waals surface area contributed by atoms with Crippen molar-refractivity contribution < 1.29 is 0 Å². The zero-order valence-electron chi connectivity index (χ0n) is 7.76. The van der Waals surface area contributed by atoms with Crippen LogP contribution in [0.1, 0.15) is 16.1 Å². The summed E-state index contributed by atoms with van der Waals surface area (Å²) in [7, 11) is 1.86. The molecule has 72 valence electrons. The maximum absolute atomic E-state index is 4.06. The smallest absolute Gasteiger partial charge is 0.101 e. The molecule has 0 spiro atoms. The summed E-state index contributed by atoms with van der Waals surface area (Å²) < 4.78 is 1.70. The average molecular weight is 252 g/mol. The van der Waals surface area contributed by atoms with Crippen molar-refractivity contribution in [2.24, 2.45) is 7.05 Å². The maximum atomic E-state index is 4.06. The lowest BCUT2D eigenvalue weighted by atomic mass is 10.1. The fourth-order valence-corrected chi connectivity index (χ4v) is 1.79. The van der Waals surface area contributed by atoms with E-state index in [1.807, 2.05) is 31.4 Å². The third kappa shape index (κ3) is 1.85. The fourth-order valence-electron chi connectivity index (χ4n) is 1.27. The van der Waals surface area contributed by atoms with Crippen LogP contribution in [0.25, 0.3) is 0 Å². The second-order valence-electron chi connectivity index (χ2n) is 3.09. The van der Waals surface area contributed by atoms with Crippen molar-refractivity contribution in [3.05, 3.63) is 47.8 Å². The molecule has 0 bridgehead atoms. The van der Waals surface area contributed by atoms with E-state index in [1.54, 1.807) is 4.68 Å². The van der Waals surface area contributed by atoms with Crippen molar-refractivity contribution in [1.29, 1.82) is 0 Å². The van der Waals surface area contributed by atoms with Crippen LogP contribution in [0.2, 0.25) is 0 Å². The van der Waals surface area contributed by atoms with Crippen LogP contribution < -0.4 is 0 Å². The number of alkyl halides is 1. The fraction of sp³-hybridized carbons (Fsp3) is 0.200. The molecule has 0 N–H and O–H groups in total. The highest BCUT2D eigenvalue weighted by Gasteiger charge is 2.12. The van der Waals surface area contributed by atoms with Crippen LogP contribution in [0, 0.1) is 0 Å². The Bertz CT molecular complexity index is 410. The monoisotopic (exact) mass is 251 g/mol. The molecule has 1 unspecified atom stereocenters. The van der Waals surface area contributed by atoms with Crippen LogP contribution in [0.5, 0.6) is 0 Å². The second-order valence-corrected chi connectivity index (χ2v) is 4.01. The first-order valence-electron chi connectivity index (χ1n) is 4.32. The van der Waals surface area contributed by atoms with E-state index in [0.717, 1.165) is 5.69 Å². The lowest BCUT2D eigenvalue weighted by Gasteiger charge is -2.05. The molecule has 0 fully saturated rings. The van der Waals surface area contributed by atoms with E-state index in [0.29, 0.717) is 0 Å².